The molecule has 2 heterocycles. The summed E-state index contributed by atoms with van der Waals surface area (Å²) in [4.78, 5) is 14.7. The molecule has 0 saturated carbocycles. The molecule has 3 aromatic rings. The summed E-state index contributed by atoms with van der Waals surface area (Å²) in [5, 5.41) is 1.68. The number of carbonyl (C=O) groups is 1. The highest BCUT2D eigenvalue weighted by molar-refractivity contribution is 6.38. The fraction of sp³-hybridized carbons (Fsp3) is 0.375. The van der Waals surface area contributed by atoms with Gasteiger partial charge in [0, 0.05) is 55.7 Å². The molecule has 33 heavy (non-hydrogen) atoms. The van der Waals surface area contributed by atoms with E-state index in [0.717, 1.165) is 22.2 Å². The molecular weight excluding hydrogens is 473 g/mol. The Bertz CT molecular complexity index is 1210. The first-order valence-electron chi connectivity index (χ1n) is 10.5. The van der Waals surface area contributed by atoms with E-state index in [2.05, 4.69) is 0 Å². The van der Waals surface area contributed by atoms with E-state index in [4.69, 9.17) is 32.7 Å². The summed E-state index contributed by atoms with van der Waals surface area (Å²) in [6.07, 6.45) is -2.91. The number of hydrogen-bond donors (Lipinski definition) is 0. The van der Waals surface area contributed by atoms with Gasteiger partial charge in [0.25, 0.3) is 5.91 Å². The molecule has 0 radical (unpaired) electrons. The summed E-state index contributed by atoms with van der Waals surface area (Å²) in [5.74, 6) is -0.0641. The van der Waals surface area contributed by atoms with Crippen molar-refractivity contribution in [3.8, 4) is 5.75 Å². The topological polar surface area (TPSA) is 43.7 Å². The number of nitrogens with zero attached hydrogens (tertiary/aromatic N) is 2. The summed E-state index contributed by atoms with van der Waals surface area (Å²) in [6.45, 7) is 4.56. The van der Waals surface area contributed by atoms with Gasteiger partial charge in [0.2, 0.25) is 0 Å². The molecule has 9 heteroatoms. The van der Waals surface area contributed by atoms with Gasteiger partial charge in [-0.2, -0.15) is 8.78 Å². The average Bonchev–Trinajstić information content (AvgIpc) is 3.06. The molecule has 1 aromatic heterocycles. The molecule has 5 nitrogen and oxygen atoms in total. The van der Waals surface area contributed by atoms with Crippen molar-refractivity contribution in [1.82, 2.24) is 9.47 Å². The molecule has 0 atom stereocenters. The first-order valence-corrected chi connectivity index (χ1v) is 11.3. The second-order valence-electron chi connectivity index (χ2n) is 8.25. The van der Waals surface area contributed by atoms with Gasteiger partial charge >= 0.3 is 6.11 Å². The number of halogens is 4. The SMILES string of the molecule is Cc1cc(OC(C)(F)F)cc2c1cc(Cc1c(Cl)ccc(C(=O)N3CCOCC3)c1Cl)n2C. The summed E-state index contributed by atoms with van der Waals surface area (Å²) < 4.78 is 38.7. The fourth-order valence-electron chi connectivity index (χ4n) is 4.11. The number of fused-ring (bicyclic) bond motifs is 1. The van der Waals surface area contributed by atoms with Gasteiger partial charge in [-0.15, -0.1) is 0 Å². The zero-order valence-corrected chi connectivity index (χ0v) is 20.1. The van der Waals surface area contributed by atoms with Gasteiger partial charge in [0.15, 0.2) is 0 Å². The third kappa shape index (κ3) is 4.95. The number of amides is 1. The van der Waals surface area contributed by atoms with Crippen LogP contribution in [-0.2, 0) is 18.2 Å². The van der Waals surface area contributed by atoms with E-state index in [1.54, 1.807) is 29.2 Å². The van der Waals surface area contributed by atoms with Crippen LogP contribution in [0.2, 0.25) is 10.0 Å². The monoisotopic (exact) mass is 496 g/mol. The Morgan fingerprint density at radius 2 is 1.88 bits per heavy atom. The van der Waals surface area contributed by atoms with Gasteiger partial charge in [-0.1, -0.05) is 23.2 Å². The Morgan fingerprint density at radius 3 is 2.55 bits per heavy atom. The number of carbonyl (C=O) groups excluding carboxylic acids is 1. The minimum atomic E-state index is -3.28. The van der Waals surface area contributed by atoms with Crippen LogP contribution in [0.15, 0.2) is 30.3 Å². The van der Waals surface area contributed by atoms with E-state index >= 15 is 0 Å². The number of benzene rings is 2. The first kappa shape index (κ1) is 23.8. The van der Waals surface area contributed by atoms with Gasteiger partial charge < -0.3 is 18.9 Å². The van der Waals surface area contributed by atoms with E-state index < -0.39 is 6.11 Å². The molecule has 0 unspecified atom stereocenters. The molecular formula is C24H24Cl2F2N2O3. The Morgan fingerprint density at radius 1 is 1.18 bits per heavy atom. The Labute approximate surface area is 200 Å². The number of ether oxygens (including phenoxy) is 2. The molecule has 1 fully saturated rings. The van der Waals surface area contributed by atoms with E-state index in [1.165, 1.54) is 0 Å². The van der Waals surface area contributed by atoms with Crippen LogP contribution in [0.3, 0.4) is 0 Å². The maximum Gasteiger partial charge on any atom is 0.394 e. The zero-order valence-electron chi connectivity index (χ0n) is 18.6. The van der Waals surface area contributed by atoms with Gasteiger partial charge in [0.05, 0.1) is 29.3 Å². The molecule has 1 amide bonds. The molecule has 2 aromatic carbocycles. The van der Waals surface area contributed by atoms with Crippen molar-refractivity contribution in [1.29, 1.82) is 0 Å². The van der Waals surface area contributed by atoms with Crippen LogP contribution in [0.5, 0.6) is 5.75 Å². The molecule has 1 saturated heterocycles. The van der Waals surface area contributed by atoms with Gasteiger partial charge in [-0.05, 0) is 42.3 Å². The van der Waals surface area contributed by atoms with Crippen molar-refractivity contribution in [2.24, 2.45) is 7.05 Å². The predicted molar refractivity (Wildman–Crippen MR) is 125 cm³/mol. The Kier molecular flexibility index (Phi) is 6.58. The number of hydrogen-bond acceptors (Lipinski definition) is 3. The first-order chi connectivity index (χ1) is 15.5. The van der Waals surface area contributed by atoms with Gasteiger partial charge in [-0.3, -0.25) is 4.79 Å². The summed E-state index contributed by atoms with van der Waals surface area (Å²) in [6, 6.07) is 8.48. The van der Waals surface area contributed by atoms with Crippen molar-refractivity contribution in [3.05, 3.63) is 62.8 Å². The molecule has 0 aliphatic carbocycles. The molecule has 1 aliphatic rings. The second kappa shape index (κ2) is 9.12. The number of aromatic nitrogens is 1. The average molecular weight is 497 g/mol. The lowest BCUT2D eigenvalue weighted by molar-refractivity contribution is -0.158. The highest BCUT2D eigenvalue weighted by atomic mass is 35.5. The molecule has 1 aliphatic heterocycles. The highest BCUT2D eigenvalue weighted by Crippen LogP contribution is 2.35. The van der Waals surface area contributed by atoms with Crippen molar-refractivity contribution < 1.29 is 23.0 Å². The third-order valence-electron chi connectivity index (χ3n) is 5.81. The number of morpholine rings is 1. The van der Waals surface area contributed by atoms with Crippen molar-refractivity contribution in [2.45, 2.75) is 26.4 Å². The molecule has 4 rings (SSSR count). The number of aryl methyl sites for hydroxylation is 2. The minimum Gasteiger partial charge on any atom is -0.433 e. The molecule has 0 bridgehead atoms. The normalized spacial score (nSPS) is 14.7. The highest BCUT2D eigenvalue weighted by Gasteiger charge is 2.25. The van der Waals surface area contributed by atoms with Crippen LogP contribution in [-0.4, -0.2) is 47.8 Å². The van der Waals surface area contributed by atoms with Crippen LogP contribution in [0.4, 0.5) is 8.78 Å². The van der Waals surface area contributed by atoms with Gasteiger partial charge in [-0.25, -0.2) is 0 Å². The Hall–Kier alpha value is -2.35. The quantitative estimate of drug-likeness (QED) is 0.445. The van der Waals surface area contributed by atoms with Crippen molar-refractivity contribution in [2.75, 3.05) is 26.3 Å². The smallest absolute Gasteiger partial charge is 0.394 e. The molecule has 0 spiro atoms. The van der Waals surface area contributed by atoms with E-state index in [0.29, 0.717) is 60.8 Å². The largest absolute Gasteiger partial charge is 0.433 e. The van der Waals surface area contributed by atoms with E-state index in [9.17, 15) is 13.6 Å². The standard InChI is InChI=1S/C24H24Cl2F2N2O3/c1-14-10-16(33-24(2,27)28)13-21-18(14)11-15(29(21)3)12-19-20(25)5-4-17(22(19)26)23(31)30-6-8-32-9-7-30/h4-5,10-11,13H,6-9,12H2,1-3H3. The molecule has 176 valence electrons. The van der Waals surface area contributed by atoms with Crippen LogP contribution in [0.1, 0.15) is 34.1 Å². The maximum absolute atomic E-state index is 13.4. The van der Waals surface area contributed by atoms with Crippen LogP contribution < -0.4 is 4.74 Å². The van der Waals surface area contributed by atoms with E-state index in [-0.39, 0.29) is 11.7 Å². The fourth-order valence-corrected chi connectivity index (χ4v) is 4.69. The van der Waals surface area contributed by atoms with Crippen LogP contribution >= 0.6 is 23.2 Å². The Balaban J connectivity index is 1.70. The summed E-state index contributed by atoms with van der Waals surface area (Å²) >= 11 is 13.2. The second-order valence-corrected chi connectivity index (χ2v) is 9.03. The van der Waals surface area contributed by atoms with Crippen LogP contribution in [0, 0.1) is 6.92 Å². The summed E-state index contributed by atoms with van der Waals surface area (Å²) in [7, 11) is 1.84. The predicted octanol–water partition coefficient (Wildman–Crippen LogP) is 5.85. The van der Waals surface area contributed by atoms with Crippen molar-refractivity contribution in [3.63, 3.8) is 0 Å². The van der Waals surface area contributed by atoms with Crippen molar-refractivity contribution >= 4 is 40.0 Å². The summed E-state index contributed by atoms with van der Waals surface area (Å²) in [5.41, 5.74) is 3.46. The lowest BCUT2D eigenvalue weighted by Crippen LogP contribution is -2.40. The minimum absolute atomic E-state index is 0.0921. The molecule has 0 N–H and O–H groups in total. The number of alkyl halides is 2. The van der Waals surface area contributed by atoms with Crippen LogP contribution in [0.25, 0.3) is 10.9 Å². The lowest BCUT2D eigenvalue weighted by atomic mass is 10.0. The van der Waals surface area contributed by atoms with E-state index in [1.807, 2.05) is 24.6 Å². The van der Waals surface area contributed by atoms with Gasteiger partial charge in [0.1, 0.15) is 5.75 Å². The lowest BCUT2D eigenvalue weighted by Gasteiger charge is -2.27. The third-order valence-corrected chi connectivity index (χ3v) is 6.60. The maximum atomic E-state index is 13.4. The number of rotatable bonds is 5. The zero-order chi connectivity index (χ0) is 23.9.